The molecule has 2 fully saturated rings. The molecule has 4 rings (SSSR count). The van der Waals surface area contributed by atoms with Gasteiger partial charge in [0.2, 0.25) is 16.9 Å². The van der Waals surface area contributed by atoms with Gasteiger partial charge < -0.3 is 25.7 Å². The predicted octanol–water partition coefficient (Wildman–Crippen LogP) is 1.54. The van der Waals surface area contributed by atoms with E-state index >= 15 is 0 Å². The van der Waals surface area contributed by atoms with Gasteiger partial charge in [0.1, 0.15) is 17.5 Å². The van der Waals surface area contributed by atoms with Crippen LogP contribution in [0.25, 0.3) is 10.9 Å². The molecule has 3 atom stereocenters. The Bertz CT molecular complexity index is 1080. The number of amides is 3. The fourth-order valence-corrected chi connectivity index (χ4v) is 4.40. The molecule has 2 aromatic rings. The molecule has 1 aliphatic heterocycles. The van der Waals surface area contributed by atoms with Crippen LogP contribution in [0.4, 0.5) is 0 Å². The summed E-state index contributed by atoms with van der Waals surface area (Å²) in [4.78, 5) is 53.1. The second kappa shape index (κ2) is 9.86. The number of ether oxygens (including phenoxy) is 1. The summed E-state index contributed by atoms with van der Waals surface area (Å²) in [5.74, 6) is -0.339. The molecule has 2 heterocycles. The molecule has 0 bridgehead atoms. The molecule has 1 aromatic carbocycles. The van der Waals surface area contributed by atoms with Gasteiger partial charge in [-0.15, -0.1) is 12.6 Å². The summed E-state index contributed by atoms with van der Waals surface area (Å²) in [6, 6.07) is 5.46. The maximum absolute atomic E-state index is 13.1. The number of H-pyrrole nitrogens is 1. The molecular weight excluding hydrogens is 444 g/mol. The van der Waals surface area contributed by atoms with Crippen LogP contribution in [0.3, 0.4) is 0 Å². The highest BCUT2D eigenvalue weighted by atomic mass is 32.1. The van der Waals surface area contributed by atoms with Crippen molar-refractivity contribution in [2.24, 2.45) is 11.8 Å². The number of methoxy groups -OCH3 is 1. The highest BCUT2D eigenvalue weighted by Crippen LogP contribution is 2.34. The summed E-state index contributed by atoms with van der Waals surface area (Å²) >= 11 is 3.91. The van der Waals surface area contributed by atoms with E-state index in [2.05, 4.69) is 33.6 Å². The number of rotatable bonds is 10. The average Bonchev–Trinajstić information content (AvgIpc) is 3.34. The fourth-order valence-electron chi connectivity index (χ4n) is 4.23. The number of hydrogen-bond acceptors (Lipinski definition) is 5. The predicted molar refractivity (Wildman–Crippen MR) is 125 cm³/mol. The lowest BCUT2D eigenvalue weighted by Crippen LogP contribution is -2.51. The summed E-state index contributed by atoms with van der Waals surface area (Å²) < 4.78 is 5.35. The van der Waals surface area contributed by atoms with Crippen LogP contribution < -0.4 is 20.7 Å². The smallest absolute Gasteiger partial charge is 0.268 e. The van der Waals surface area contributed by atoms with E-state index in [1.54, 1.807) is 19.2 Å². The van der Waals surface area contributed by atoms with Crippen molar-refractivity contribution >= 4 is 46.4 Å². The molecule has 1 aromatic heterocycles. The second-order valence-electron chi connectivity index (χ2n) is 8.72. The van der Waals surface area contributed by atoms with Gasteiger partial charge in [-0.1, -0.05) is 18.9 Å². The summed E-state index contributed by atoms with van der Waals surface area (Å²) in [6.45, 7) is 0.556. The van der Waals surface area contributed by atoms with Crippen LogP contribution in [-0.4, -0.2) is 53.6 Å². The van der Waals surface area contributed by atoms with Crippen molar-refractivity contribution in [2.75, 3.05) is 13.7 Å². The van der Waals surface area contributed by atoms with E-state index < -0.39 is 29.0 Å². The number of hydrogen-bond donors (Lipinski definition) is 5. The summed E-state index contributed by atoms with van der Waals surface area (Å²) in [6.07, 6.45) is 3.28. The molecule has 176 valence electrons. The van der Waals surface area contributed by atoms with E-state index in [0.717, 1.165) is 23.7 Å². The van der Waals surface area contributed by atoms with E-state index in [9.17, 15) is 19.2 Å². The molecule has 2 aliphatic rings. The van der Waals surface area contributed by atoms with Gasteiger partial charge in [0, 0.05) is 23.4 Å². The zero-order valence-electron chi connectivity index (χ0n) is 18.3. The van der Waals surface area contributed by atoms with Gasteiger partial charge in [-0.05, 0) is 43.4 Å². The molecule has 0 radical (unpaired) electrons. The van der Waals surface area contributed by atoms with Gasteiger partial charge in [-0.3, -0.25) is 19.2 Å². The minimum Gasteiger partial charge on any atom is -0.496 e. The highest BCUT2D eigenvalue weighted by Gasteiger charge is 2.34. The van der Waals surface area contributed by atoms with Crippen LogP contribution in [0.1, 0.15) is 42.6 Å². The van der Waals surface area contributed by atoms with Crippen molar-refractivity contribution in [3.8, 4) is 5.75 Å². The van der Waals surface area contributed by atoms with Crippen molar-refractivity contribution in [2.45, 2.75) is 44.2 Å². The molecule has 1 saturated heterocycles. The lowest BCUT2D eigenvalue weighted by atomic mass is 9.98. The molecule has 0 spiro atoms. The molecule has 1 saturated carbocycles. The Hall–Kier alpha value is -3.01. The van der Waals surface area contributed by atoms with Crippen molar-refractivity contribution < 1.29 is 23.9 Å². The highest BCUT2D eigenvalue weighted by molar-refractivity contribution is 7.96. The zero-order chi connectivity index (χ0) is 23.5. The normalized spacial score (nSPS) is 19.6. The first kappa shape index (κ1) is 23.2. The first-order valence-electron chi connectivity index (χ1n) is 11.1. The fraction of sp³-hybridized carbons (Fsp3) is 0.478. The van der Waals surface area contributed by atoms with Gasteiger partial charge in [0.25, 0.3) is 5.91 Å². The molecule has 3 amide bonds. The Morgan fingerprint density at radius 1 is 1.15 bits per heavy atom. The van der Waals surface area contributed by atoms with Crippen molar-refractivity contribution in [3.63, 3.8) is 0 Å². The maximum atomic E-state index is 13.1. The van der Waals surface area contributed by atoms with Crippen LogP contribution in [-0.2, 0) is 14.4 Å². The number of fused-ring (bicyclic) bond motifs is 1. The number of nitrogens with one attached hydrogen (secondary N) is 4. The van der Waals surface area contributed by atoms with Crippen LogP contribution in [0.15, 0.2) is 24.3 Å². The average molecular weight is 473 g/mol. The summed E-state index contributed by atoms with van der Waals surface area (Å²) in [5, 5.41) is 8.51. The van der Waals surface area contributed by atoms with Crippen LogP contribution in [0, 0.1) is 11.8 Å². The number of carbonyl (C=O) groups is 4. The number of carbonyl (C=O) groups excluding carboxylic acids is 4. The molecule has 9 nitrogen and oxygen atoms in total. The minimum atomic E-state index is -0.898. The van der Waals surface area contributed by atoms with Crippen LogP contribution >= 0.6 is 12.6 Å². The largest absolute Gasteiger partial charge is 0.496 e. The third-order valence-electron chi connectivity index (χ3n) is 6.27. The Morgan fingerprint density at radius 3 is 2.58 bits per heavy atom. The van der Waals surface area contributed by atoms with Gasteiger partial charge in [0.05, 0.1) is 13.2 Å². The van der Waals surface area contributed by atoms with Gasteiger partial charge in [-0.2, -0.15) is 0 Å². The Morgan fingerprint density at radius 2 is 1.94 bits per heavy atom. The standard InChI is InChI=1S/C23H28N4O5S/c1-32-19-4-2-3-15-14(19)11-17(25-15)22(30)26-16(9-12-5-6-12)21(29)27-18(23(31)33)10-13-7-8-24-20(13)28/h2-4,11-13,16,18,25H,5-10H2,1H3,(H,24,28)(H,26,30)(H,27,29)(H,31,33)/t13-,16+,18+/m1/s1. The Kier molecular flexibility index (Phi) is 6.92. The molecule has 1 aliphatic carbocycles. The quantitative estimate of drug-likeness (QED) is 0.335. The van der Waals surface area contributed by atoms with Crippen molar-refractivity contribution in [1.29, 1.82) is 0 Å². The van der Waals surface area contributed by atoms with Crippen LogP contribution in [0.2, 0.25) is 0 Å². The minimum absolute atomic E-state index is 0.124. The number of aromatic amines is 1. The number of thiol groups is 1. The summed E-state index contributed by atoms with van der Waals surface area (Å²) in [7, 11) is 1.56. The van der Waals surface area contributed by atoms with Gasteiger partial charge >= 0.3 is 0 Å². The lowest BCUT2D eigenvalue weighted by molar-refractivity contribution is -0.128. The number of benzene rings is 1. The molecule has 0 unspecified atom stereocenters. The topological polar surface area (TPSA) is 129 Å². The Balaban J connectivity index is 1.46. The van der Waals surface area contributed by atoms with Gasteiger partial charge in [0.15, 0.2) is 0 Å². The van der Waals surface area contributed by atoms with Crippen molar-refractivity contribution in [1.82, 2.24) is 20.9 Å². The molecule has 4 N–H and O–H groups in total. The SMILES string of the molecule is COc1cccc2[nH]c(C(=O)N[C@@H](CC3CC3)C(=O)N[C@@H](C[C@H]3CCNC3=O)C(=O)S)cc12. The van der Waals surface area contributed by atoms with Gasteiger partial charge in [-0.25, -0.2) is 0 Å². The first-order chi connectivity index (χ1) is 15.9. The third kappa shape index (κ3) is 5.50. The van der Waals surface area contributed by atoms with Crippen molar-refractivity contribution in [3.05, 3.63) is 30.0 Å². The van der Waals surface area contributed by atoms with E-state index in [-0.39, 0.29) is 18.2 Å². The molecular formula is C23H28N4O5S. The monoisotopic (exact) mass is 472 g/mol. The maximum Gasteiger partial charge on any atom is 0.268 e. The third-order valence-corrected chi connectivity index (χ3v) is 6.59. The molecule has 33 heavy (non-hydrogen) atoms. The van der Waals surface area contributed by atoms with E-state index in [1.807, 2.05) is 12.1 Å². The Labute approximate surface area is 196 Å². The zero-order valence-corrected chi connectivity index (χ0v) is 19.2. The van der Waals surface area contributed by atoms with E-state index in [0.29, 0.717) is 36.7 Å². The summed E-state index contributed by atoms with van der Waals surface area (Å²) in [5.41, 5.74) is 1.06. The second-order valence-corrected chi connectivity index (χ2v) is 9.16. The van der Waals surface area contributed by atoms with E-state index in [1.165, 1.54) is 0 Å². The number of aromatic nitrogens is 1. The van der Waals surface area contributed by atoms with E-state index in [4.69, 9.17) is 4.74 Å². The first-order valence-corrected chi connectivity index (χ1v) is 11.6. The molecule has 10 heteroatoms. The lowest BCUT2D eigenvalue weighted by Gasteiger charge is -2.23. The van der Waals surface area contributed by atoms with Crippen LogP contribution in [0.5, 0.6) is 5.75 Å².